The monoisotopic (exact) mass is 1090 g/mol. The van der Waals surface area contributed by atoms with Crippen molar-refractivity contribution in [1.29, 1.82) is 0 Å². The van der Waals surface area contributed by atoms with Crippen LogP contribution >= 0.6 is 0 Å². The van der Waals surface area contributed by atoms with Gasteiger partial charge in [-0.2, -0.15) is 0 Å². The number of carboxylic acids is 1. The van der Waals surface area contributed by atoms with Crippen molar-refractivity contribution in [3.63, 3.8) is 0 Å². The van der Waals surface area contributed by atoms with Gasteiger partial charge in [0.15, 0.2) is 0 Å². The van der Waals surface area contributed by atoms with Gasteiger partial charge in [-0.15, -0.1) is 0 Å². The molecule has 1 aliphatic heterocycles. The van der Waals surface area contributed by atoms with Crippen LogP contribution in [0.1, 0.15) is 133 Å². The second-order valence-electron chi connectivity index (χ2n) is 19.7. The zero-order valence-corrected chi connectivity index (χ0v) is 47.6. The van der Waals surface area contributed by atoms with Gasteiger partial charge in [-0.1, -0.05) is 120 Å². The third-order valence-electron chi connectivity index (χ3n) is 11.8. The maximum absolute atomic E-state index is 13.6. The first-order chi connectivity index (χ1) is 37.5. The number of nitrogens with two attached hydrogens (primary N) is 1. The number of hydrogen-bond donors (Lipinski definition) is 9. The zero-order valence-electron chi connectivity index (χ0n) is 47.6. The van der Waals surface area contributed by atoms with Gasteiger partial charge in [-0.05, 0) is 131 Å². The number of benzene rings is 4. The highest BCUT2D eigenvalue weighted by Crippen LogP contribution is 2.38. The number of carbonyl (C=O) groups is 7. The zero-order chi connectivity index (χ0) is 59.1. The summed E-state index contributed by atoms with van der Waals surface area (Å²) < 4.78 is 4.99. The molecule has 2 atom stereocenters. The Morgan fingerprint density at radius 2 is 1.41 bits per heavy atom. The second kappa shape index (κ2) is 35.4. The fourth-order valence-electron chi connectivity index (χ4n) is 7.57. The topological polar surface area (TPSA) is 279 Å². The number of alkyl carbamates (subject to hydrolysis) is 1. The highest BCUT2D eigenvalue weighted by atomic mass is 16.6. The predicted octanol–water partition coefficient (Wildman–Crippen LogP) is 8.65. The number of nitrogens with zero attached hydrogens (tertiary/aromatic N) is 1. The number of carboxylic acid groups (broad SMARTS) is 1. The minimum absolute atomic E-state index is 0.0959. The van der Waals surface area contributed by atoms with E-state index in [1.54, 1.807) is 12.1 Å². The van der Waals surface area contributed by atoms with Crippen LogP contribution in [-0.2, 0) is 41.6 Å². The molecule has 0 saturated carbocycles. The number of amides is 6. The van der Waals surface area contributed by atoms with E-state index >= 15 is 0 Å². The molecule has 0 saturated heterocycles. The summed E-state index contributed by atoms with van der Waals surface area (Å²) in [5.74, 6) is -5.34. The summed E-state index contributed by atoms with van der Waals surface area (Å²) >= 11 is 0. The highest BCUT2D eigenvalue weighted by Gasteiger charge is 2.31. The van der Waals surface area contributed by atoms with Crippen molar-refractivity contribution in [2.45, 2.75) is 131 Å². The average molecular weight is 1090 g/mol. The van der Waals surface area contributed by atoms with Crippen LogP contribution in [0.4, 0.5) is 4.79 Å². The largest absolute Gasteiger partial charge is 0.507 e. The second-order valence-corrected chi connectivity index (χ2v) is 19.7. The first-order valence-corrected chi connectivity index (χ1v) is 26.9. The Balaban J connectivity index is 0.000000735. The number of phenolic OH excluding ortho intramolecular Hbond substituents is 2. The number of allylic oxidation sites excluding steroid dienone is 3. The maximum Gasteiger partial charge on any atom is 0.407 e. The molecule has 5 rings (SSSR count). The normalized spacial score (nSPS) is 13.8. The number of fused-ring (bicyclic) bond motifs is 5. The molecular formula is C61H85N7O11. The van der Waals surface area contributed by atoms with Crippen molar-refractivity contribution in [3.8, 4) is 33.8 Å². The van der Waals surface area contributed by atoms with Gasteiger partial charge in [-0.25, -0.2) is 9.59 Å². The Morgan fingerprint density at radius 3 is 1.95 bits per heavy atom. The van der Waals surface area contributed by atoms with E-state index in [-0.39, 0.29) is 40.7 Å². The first-order valence-electron chi connectivity index (χ1n) is 26.9. The van der Waals surface area contributed by atoms with Crippen molar-refractivity contribution in [1.82, 2.24) is 31.5 Å². The van der Waals surface area contributed by atoms with E-state index in [1.165, 1.54) is 73.8 Å². The molecular weight excluding hydrogens is 1010 g/mol. The fraction of sp³-hybridized carbons (Fsp3) is 0.426. The van der Waals surface area contributed by atoms with Crippen LogP contribution in [0.25, 0.3) is 22.3 Å². The lowest BCUT2D eigenvalue weighted by Crippen LogP contribution is -2.50. The number of aryl methyl sites for hydroxylation is 1. The van der Waals surface area contributed by atoms with Crippen LogP contribution in [0.15, 0.2) is 109 Å². The number of unbranched alkanes of at least 4 members (excludes halogenated alkanes) is 2. The lowest BCUT2D eigenvalue weighted by molar-refractivity contribution is -0.142. The van der Waals surface area contributed by atoms with Gasteiger partial charge in [-0.3, -0.25) is 24.0 Å². The minimum Gasteiger partial charge on any atom is -0.507 e. The Labute approximate surface area is 466 Å². The Kier molecular flexibility index (Phi) is 30.1. The molecule has 0 radical (unpaired) electrons. The molecule has 0 aromatic heterocycles. The molecule has 1 heterocycles. The van der Waals surface area contributed by atoms with Gasteiger partial charge in [0.05, 0.1) is 19.6 Å². The average Bonchev–Trinajstić information content (AvgIpc) is 3.42. The van der Waals surface area contributed by atoms with Crippen molar-refractivity contribution < 1.29 is 53.6 Å². The number of nitrogens with one attached hydrogen (secondary N) is 5. The molecule has 0 aliphatic carbocycles. The Hall–Kier alpha value is -7.99. The van der Waals surface area contributed by atoms with Crippen LogP contribution in [0.2, 0.25) is 0 Å². The molecule has 79 heavy (non-hydrogen) atoms. The van der Waals surface area contributed by atoms with E-state index in [9.17, 15) is 48.9 Å². The highest BCUT2D eigenvalue weighted by molar-refractivity contribution is 5.98. The van der Waals surface area contributed by atoms with Crippen LogP contribution in [0.5, 0.6) is 11.5 Å². The molecule has 2 unspecified atom stereocenters. The number of aromatic hydroxyl groups is 2. The van der Waals surface area contributed by atoms with Crippen LogP contribution in [-0.4, -0.2) is 113 Å². The number of hydrogen-bond acceptors (Lipinski definition) is 11. The molecule has 0 spiro atoms. The van der Waals surface area contributed by atoms with Gasteiger partial charge in [0.25, 0.3) is 5.91 Å². The molecule has 430 valence electrons. The summed E-state index contributed by atoms with van der Waals surface area (Å²) in [6, 6.07) is 20.8. The quantitative estimate of drug-likeness (QED) is 0.0424. The molecule has 10 N–H and O–H groups in total. The number of carbonyl (C=O) groups excluding carboxylic acids is 6. The lowest BCUT2D eigenvalue weighted by atomic mass is 9.94. The molecule has 6 amide bonds. The smallest absolute Gasteiger partial charge is 0.407 e. The van der Waals surface area contributed by atoms with Crippen molar-refractivity contribution in [2.24, 2.45) is 5.73 Å². The van der Waals surface area contributed by atoms with Gasteiger partial charge < -0.3 is 57.3 Å². The Morgan fingerprint density at radius 1 is 0.797 bits per heavy atom. The maximum atomic E-state index is 13.6. The number of aliphatic carboxylic acids is 1. The number of phenols is 2. The van der Waals surface area contributed by atoms with Crippen molar-refractivity contribution in [3.05, 3.63) is 131 Å². The number of rotatable bonds is 18. The van der Waals surface area contributed by atoms with Gasteiger partial charge in [0.1, 0.15) is 29.2 Å². The lowest BCUT2D eigenvalue weighted by Gasteiger charge is -2.28. The summed E-state index contributed by atoms with van der Waals surface area (Å²) in [6.07, 6.45) is 12.5. The molecule has 4 aromatic rings. The third kappa shape index (κ3) is 24.9. The summed E-state index contributed by atoms with van der Waals surface area (Å²) in [4.78, 5) is 89.0. The van der Waals surface area contributed by atoms with Crippen LogP contribution in [0, 0.1) is 0 Å². The predicted molar refractivity (Wildman–Crippen MR) is 310 cm³/mol. The SMILES string of the molecule is C=C(/C=C\C)CCC.CCCCN.CCCCc1ccc(-c2ccc(C(=O)NCC(=O)NCC(=O)N(C)C3C(=O)NCC(=O)NC(C(=O)O)Cc4ccc(O)c(c4)-c4cc3ccc4O)cc2)cc1.CCCNC(=O)OC(C)(C)C. The number of likely N-dealkylation sites (N-methyl/N-ethyl adjacent to an activating group) is 1. The molecule has 4 aromatic carbocycles. The van der Waals surface area contributed by atoms with Gasteiger partial charge in [0, 0.05) is 36.7 Å². The molecule has 18 heteroatoms. The Bertz CT molecular complexity index is 2640. The van der Waals surface area contributed by atoms with Gasteiger partial charge in [0.2, 0.25) is 23.6 Å². The van der Waals surface area contributed by atoms with Crippen molar-refractivity contribution in [2.75, 3.05) is 39.8 Å². The standard InChI is InChI=1S/C41H43N5O9.C8H17NO2.C8H14.C4H11N/c1-3-4-5-24-6-9-26(10-7-24)27-11-13-28(14-12-27)39(52)43-21-35(49)42-23-37(51)46(2)38-29-15-17-34(48)31(20-29)30-18-25(8-16-33(30)47)19-32(41(54)55)45-36(50)22-44-40(38)53;1-5-6-9-7(10)11-8(2,3)4;1-4-6-8(3)7-5-2;1-2-3-4-5/h6-18,20,32,38,47-48H,3-5,19,21-23H2,1-2H3,(H,42,49)(H,43,52)(H,44,53)(H,45,50)(H,54,55);5-6H2,1-4H3,(H,9,10);4,6H,3,5,7H2,1-2H3;2-5H2,1H3/b;;6-4-;. The summed E-state index contributed by atoms with van der Waals surface area (Å²) in [5.41, 5.74) is 10.4. The van der Waals surface area contributed by atoms with E-state index in [1.807, 2.05) is 65.0 Å². The summed E-state index contributed by atoms with van der Waals surface area (Å²) in [7, 11) is 1.30. The summed E-state index contributed by atoms with van der Waals surface area (Å²) in [5, 5.41) is 43.5. The van der Waals surface area contributed by atoms with E-state index in [0.29, 0.717) is 17.7 Å². The van der Waals surface area contributed by atoms with E-state index in [2.05, 4.69) is 72.1 Å². The third-order valence-corrected chi connectivity index (χ3v) is 11.8. The van der Waals surface area contributed by atoms with E-state index < -0.39 is 72.8 Å². The van der Waals surface area contributed by atoms with Crippen LogP contribution < -0.4 is 32.3 Å². The molecule has 1 aliphatic rings. The summed E-state index contributed by atoms with van der Waals surface area (Å²) in [6.45, 7) is 19.8. The van der Waals surface area contributed by atoms with Gasteiger partial charge >= 0.3 is 12.1 Å². The van der Waals surface area contributed by atoms with E-state index in [0.717, 1.165) is 54.7 Å². The van der Waals surface area contributed by atoms with Crippen LogP contribution in [0.3, 0.4) is 0 Å². The molecule has 4 bridgehead atoms. The molecule has 0 fully saturated rings. The first kappa shape index (κ1) is 67.1. The molecule has 18 nitrogen and oxygen atoms in total. The minimum atomic E-state index is -1.40. The van der Waals surface area contributed by atoms with E-state index in [4.69, 9.17) is 10.5 Å². The fourth-order valence-corrected chi connectivity index (χ4v) is 7.57. The number of ether oxygens (including phenoxy) is 1. The van der Waals surface area contributed by atoms with Crippen molar-refractivity contribution >= 4 is 41.6 Å².